The van der Waals surface area contributed by atoms with Gasteiger partial charge in [-0.3, -0.25) is 9.58 Å². The molecule has 1 aliphatic heterocycles. The van der Waals surface area contributed by atoms with E-state index in [-0.39, 0.29) is 18.7 Å². The Balaban J connectivity index is 1.24. The molecule has 198 valence electrons. The number of aryl methyl sites for hydroxylation is 1. The molecule has 0 fully saturated rings. The Bertz CT molecular complexity index is 1550. The number of nitrogens with zero attached hydrogens (tertiary/aromatic N) is 4. The van der Waals surface area contributed by atoms with Gasteiger partial charge in [0.05, 0.1) is 6.61 Å². The maximum Gasteiger partial charge on any atom is 0.410 e. The van der Waals surface area contributed by atoms with E-state index in [1.165, 1.54) is 11.9 Å². The molecule has 0 aliphatic carbocycles. The highest BCUT2D eigenvalue weighted by atomic mass is 35.5. The predicted molar refractivity (Wildman–Crippen MR) is 149 cm³/mol. The van der Waals surface area contributed by atoms with Gasteiger partial charge in [0.15, 0.2) is 0 Å². The third kappa shape index (κ3) is 5.47. The number of fused-ring (bicyclic) bond motifs is 3. The first-order valence-corrected chi connectivity index (χ1v) is 13.4. The van der Waals surface area contributed by atoms with Crippen molar-refractivity contribution in [2.45, 2.75) is 32.0 Å². The number of aromatic amines is 1. The average Bonchev–Trinajstić information content (AvgIpc) is 3.62. The van der Waals surface area contributed by atoms with E-state index in [0.717, 1.165) is 46.4 Å². The summed E-state index contributed by atoms with van der Waals surface area (Å²) < 4.78 is 13.5. The van der Waals surface area contributed by atoms with E-state index < -0.39 is 0 Å². The molecule has 6 rings (SSSR count). The van der Waals surface area contributed by atoms with Crippen LogP contribution in [0.3, 0.4) is 0 Å². The van der Waals surface area contributed by atoms with Gasteiger partial charge in [0.25, 0.3) is 0 Å². The fourth-order valence-electron chi connectivity index (χ4n) is 5.12. The van der Waals surface area contributed by atoms with Crippen LogP contribution in [0.4, 0.5) is 4.79 Å². The lowest BCUT2D eigenvalue weighted by atomic mass is 9.92. The van der Waals surface area contributed by atoms with Crippen molar-refractivity contribution < 1.29 is 14.3 Å². The van der Waals surface area contributed by atoms with Crippen molar-refractivity contribution in [2.24, 2.45) is 0 Å². The molecule has 0 spiro atoms. The Kier molecular flexibility index (Phi) is 7.19. The van der Waals surface area contributed by atoms with Crippen molar-refractivity contribution in [1.82, 2.24) is 24.6 Å². The molecule has 9 heteroatoms. The average molecular weight is 542 g/mol. The van der Waals surface area contributed by atoms with Gasteiger partial charge in [0.2, 0.25) is 0 Å². The zero-order valence-corrected chi connectivity index (χ0v) is 22.1. The number of carbonyl (C=O) groups is 1. The van der Waals surface area contributed by atoms with Crippen molar-refractivity contribution in [2.75, 3.05) is 13.2 Å². The maximum atomic E-state index is 13.4. The lowest BCUT2D eigenvalue weighted by Gasteiger charge is -2.35. The predicted octanol–water partition coefficient (Wildman–Crippen LogP) is 6.17. The normalized spacial score (nSPS) is 14.8. The molecule has 0 radical (unpaired) electrons. The zero-order chi connectivity index (χ0) is 26.6. The van der Waals surface area contributed by atoms with Gasteiger partial charge in [0.1, 0.15) is 31.1 Å². The molecular weight excluding hydrogens is 514 g/mol. The topological polar surface area (TPSA) is 85.3 Å². The van der Waals surface area contributed by atoms with Gasteiger partial charge in [-0.2, -0.15) is 5.10 Å². The molecule has 1 unspecified atom stereocenters. The summed E-state index contributed by atoms with van der Waals surface area (Å²) in [6, 6.07) is 23.2. The van der Waals surface area contributed by atoms with Crippen LogP contribution in [0.15, 0.2) is 85.5 Å². The summed E-state index contributed by atoms with van der Waals surface area (Å²) in [4.78, 5) is 22.7. The van der Waals surface area contributed by atoms with Gasteiger partial charge in [-0.05, 0) is 53.4 Å². The molecule has 2 aromatic heterocycles. The van der Waals surface area contributed by atoms with Crippen LogP contribution < -0.4 is 4.74 Å². The first kappa shape index (κ1) is 25.0. The van der Waals surface area contributed by atoms with Crippen molar-refractivity contribution in [3.63, 3.8) is 0 Å². The van der Waals surface area contributed by atoms with E-state index in [9.17, 15) is 4.79 Å². The summed E-state index contributed by atoms with van der Waals surface area (Å²) in [5.41, 5.74) is 5.09. The number of amides is 1. The molecule has 1 aliphatic rings. The Hall–Kier alpha value is -4.30. The molecule has 3 heterocycles. The SMILES string of the molecule is O=C(OCc1ccccc1)N1CCc2c([nH]c3ccc(Cl)cc23)C1c1ccc(OCCCn2cncn2)cc1. The number of nitrogens with one attached hydrogen (secondary N) is 1. The first-order valence-electron chi connectivity index (χ1n) is 13.0. The lowest BCUT2D eigenvalue weighted by Crippen LogP contribution is -2.40. The standard InChI is InChI=1S/C30H28ClN5O3/c31-23-9-12-27-26(17-23)25-13-15-36(30(37)39-18-21-5-2-1-3-6-21)29(28(25)34-27)22-7-10-24(11-8-22)38-16-4-14-35-20-32-19-33-35/h1-3,5-12,17,19-20,29,34H,4,13-16,18H2. The fourth-order valence-corrected chi connectivity index (χ4v) is 5.29. The minimum Gasteiger partial charge on any atom is -0.494 e. The number of hydrogen-bond acceptors (Lipinski definition) is 5. The van der Waals surface area contributed by atoms with E-state index in [2.05, 4.69) is 15.1 Å². The number of H-pyrrole nitrogens is 1. The smallest absolute Gasteiger partial charge is 0.410 e. The molecule has 0 saturated carbocycles. The summed E-state index contributed by atoms with van der Waals surface area (Å²) in [7, 11) is 0. The molecule has 1 amide bonds. The second-order valence-corrected chi connectivity index (χ2v) is 9.96. The highest BCUT2D eigenvalue weighted by Crippen LogP contribution is 2.39. The van der Waals surface area contributed by atoms with Crippen LogP contribution in [0.25, 0.3) is 10.9 Å². The van der Waals surface area contributed by atoms with E-state index in [1.54, 1.807) is 15.9 Å². The third-order valence-electron chi connectivity index (χ3n) is 6.99. The van der Waals surface area contributed by atoms with E-state index in [0.29, 0.717) is 24.6 Å². The monoisotopic (exact) mass is 541 g/mol. The van der Waals surface area contributed by atoms with Gasteiger partial charge in [-0.25, -0.2) is 9.78 Å². The molecule has 0 saturated heterocycles. The minimum atomic E-state index is -0.348. The summed E-state index contributed by atoms with van der Waals surface area (Å²) in [6.07, 6.45) is 4.40. The summed E-state index contributed by atoms with van der Waals surface area (Å²) in [6.45, 7) is 2.06. The van der Waals surface area contributed by atoms with Crippen LogP contribution in [-0.2, 0) is 24.3 Å². The molecule has 1 atom stereocenters. The molecule has 39 heavy (non-hydrogen) atoms. The summed E-state index contributed by atoms with van der Waals surface area (Å²) in [5.74, 6) is 0.773. The second-order valence-electron chi connectivity index (χ2n) is 9.52. The molecule has 3 aromatic carbocycles. The van der Waals surface area contributed by atoms with Crippen molar-refractivity contribution >= 4 is 28.6 Å². The largest absolute Gasteiger partial charge is 0.494 e. The van der Waals surface area contributed by atoms with Crippen LogP contribution in [-0.4, -0.2) is 43.9 Å². The van der Waals surface area contributed by atoms with Gasteiger partial charge in [-0.15, -0.1) is 0 Å². The Morgan fingerprint density at radius 1 is 1.08 bits per heavy atom. The van der Waals surface area contributed by atoms with Crippen LogP contribution in [0.2, 0.25) is 5.02 Å². The third-order valence-corrected chi connectivity index (χ3v) is 7.23. The molecule has 0 bridgehead atoms. The number of ether oxygens (including phenoxy) is 2. The van der Waals surface area contributed by atoms with Gasteiger partial charge < -0.3 is 14.5 Å². The van der Waals surface area contributed by atoms with Crippen molar-refractivity contribution in [3.05, 3.63) is 113 Å². The molecule has 5 aromatic rings. The number of aromatic nitrogens is 4. The number of benzene rings is 3. The van der Waals surface area contributed by atoms with Crippen LogP contribution in [0, 0.1) is 0 Å². The summed E-state index contributed by atoms with van der Waals surface area (Å²) in [5, 5.41) is 5.89. The number of rotatable bonds is 8. The van der Waals surface area contributed by atoms with Crippen LogP contribution in [0.1, 0.15) is 34.8 Å². The highest BCUT2D eigenvalue weighted by molar-refractivity contribution is 6.31. The van der Waals surface area contributed by atoms with Gasteiger partial charge in [-0.1, -0.05) is 54.1 Å². The van der Waals surface area contributed by atoms with Crippen molar-refractivity contribution in [3.8, 4) is 5.75 Å². The highest BCUT2D eigenvalue weighted by Gasteiger charge is 2.35. The molecule has 8 nitrogen and oxygen atoms in total. The minimum absolute atomic E-state index is 0.222. The van der Waals surface area contributed by atoms with Crippen LogP contribution in [0.5, 0.6) is 5.75 Å². The number of halogens is 1. The quantitative estimate of drug-likeness (QED) is 0.238. The second kappa shape index (κ2) is 11.2. The fraction of sp³-hybridized carbons (Fsp3) is 0.233. The number of hydrogen-bond donors (Lipinski definition) is 1. The Morgan fingerprint density at radius 2 is 1.92 bits per heavy atom. The molecular formula is C30H28ClN5O3. The first-order chi connectivity index (χ1) is 19.2. The summed E-state index contributed by atoms with van der Waals surface area (Å²) >= 11 is 6.33. The lowest BCUT2D eigenvalue weighted by molar-refractivity contribution is 0.0832. The van der Waals surface area contributed by atoms with Gasteiger partial charge in [0, 0.05) is 41.1 Å². The van der Waals surface area contributed by atoms with Crippen LogP contribution >= 0.6 is 11.6 Å². The molecule has 1 N–H and O–H groups in total. The van der Waals surface area contributed by atoms with E-state index >= 15 is 0 Å². The Labute approximate surface area is 231 Å². The van der Waals surface area contributed by atoms with Gasteiger partial charge >= 0.3 is 6.09 Å². The number of carbonyl (C=O) groups excluding carboxylic acids is 1. The maximum absolute atomic E-state index is 13.4. The zero-order valence-electron chi connectivity index (χ0n) is 21.3. The van der Waals surface area contributed by atoms with E-state index in [4.69, 9.17) is 21.1 Å². The van der Waals surface area contributed by atoms with E-state index in [1.807, 2.05) is 72.8 Å². The van der Waals surface area contributed by atoms with Crippen molar-refractivity contribution in [1.29, 1.82) is 0 Å². The Morgan fingerprint density at radius 3 is 2.72 bits per heavy atom.